The molecule has 0 N–H and O–H groups in total. The molecule has 0 radical (unpaired) electrons. The van der Waals surface area contributed by atoms with Gasteiger partial charge in [0.25, 0.3) is 0 Å². The van der Waals surface area contributed by atoms with E-state index in [0.717, 1.165) is 25.9 Å². The lowest BCUT2D eigenvalue weighted by Gasteiger charge is -2.39. The predicted octanol–water partition coefficient (Wildman–Crippen LogP) is 2.23. The lowest BCUT2D eigenvalue weighted by molar-refractivity contribution is -0.135. The second-order valence-corrected chi connectivity index (χ2v) is 5.25. The monoisotopic (exact) mass is 195 g/mol. The van der Waals surface area contributed by atoms with Crippen LogP contribution in [0.2, 0.25) is 0 Å². The number of hydrogen-bond donors (Lipinski definition) is 0. The molecule has 0 atom stereocenters. The molecule has 1 aliphatic heterocycles. The van der Waals surface area contributed by atoms with E-state index in [1.54, 1.807) is 0 Å². The Labute approximate surface area is 86.7 Å². The van der Waals surface area contributed by atoms with E-state index in [4.69, 9.17) is 0 Å². The third-order valence-corrected chi connectivity index (χ3v) is 3.98. The van der Waals surface area contributed by atoms with Crippen LogP contribution in [0.3, 0.4) is 0 Å². The molecule has 0 aromatic heterocycles. The highest BCUT2D eigenvalue weighted by Gasteiger charge is 2.41. The van der Waals surface area contributed by atoms with Gasteiger partial charge in [0.15, 0.2) is 5.78 Å². The van der Waals surface area contributed by atoms with Crippen molar-refractivity contribution in [2.24, 2.45) is 5.92 Å². The highest BCUT2D eigenvalue weighted by atomic mass is 16.1. The second-order valence-electron chi connectivity index (χ2n) is 5.25. The fraction of sp³-hybridized carbons (Fsp3) is 0.917. The molecule has 1 saturated carbocycles. The van der Waals surface area contributed by atoms with Gasteiger partial charge in [-0.1, -0.05) is 6.42 Å². The lowest BCUT2D eigenvalue weighted by Crippen LogP contribution is -2.52. The van der Waals surface area contributed by atoms with Crippen molar-refractivity contribution in [3.05, 3.63) is 0 Å². The smallest absolute Gasteiger partial charge is 0.155 e. The summed E-state index contributed by atoms with van der Waals surface area (Å²) in [7, 11) is 0. The standard InChI is InChI=1S/C12H21NO/c1-12(2,13-8-3-4-9-13)11(14)10-6-5-7-10/h10H,3-9H2,1-2H3. The van der Waals surface area contributed by atoms with Crippen LogP contribution in [0.1, 0.15) is 46.0 Å². The van der Waals surface area contributed by atoms with Gasteiger partial charge < -0.3 is 0 Å². The van der Waals surface area contributed by atoms with Crippen LogP contribution in [0.15, 0.2) is 0 Å². The van der Waals surface area contributed by atoms with E-state index in [1.807, 2.05) is 0 Å². The quantitative estimate of drug-likeness (QED) is 0.688. The first-order valence-electron chi connectivity index (χ1n) is 5.92. The molecule has 2 nitrogen and oxygen atoms in total. The molecule has 2 fully saturated rings. The maximum atomic E-state index is 12.2. The largest absolute Gasteiger partial charge is 0.297 e. The number of carbonyl (C=O) groups is 1. The summed E-state index contributed by atoms with van der Waals surface area (Å²) < 4.78 is 0. The summed E-state index contributed by atoms with van der Waals surface area (Å²) >= 11 is 0. The van der Waals surface area contributed by atoms with Gasteiger partial charge in [-0.3, -0.25) is 9.69 Å². The van der Waals surface area contributed by atoms with Crippen molar-refractivity contribution >= 4 is 5.78 Å². The summed E-state index contributed by atoms with van der Waals surface area (Å²) in [4.78, 5) is 14.6. The normalized spacial score (nSPS) is 25.0. The Morgan fingerprint density at radius 3 is 2.14 bits per heavy atom. The number of rotatable bonds is 3. The molecule has 0 aromatic rings. The molecule has 0 bridgehead atoms. The topological polar surface area (TPSA) is 20.3 Å². The zero-order valence-corrected chi connectivity index (χ0v) is 9.38. The molecule has 80 valence electrons. The van der Waals surface area contributed by atoms with Crippen LogP contribution in [0.4, 0.5) is 0 Å². The van der Waals surface area contributed by atoms with Gasteiger partial charge in [-0.15, -0.1) is 0 Å². The molecule has 14 heavy (non-hydrogen) atoms. The van der Waals surface area contributed by atoms with Crippen molar-refractivity contribution in [2.45, 2.75) is 51.5 Å². The van der Waals surface area contributed by atoms with Crippen LogP contribution >= 0.6 is 0 Å². The van der Waals surface area contributed by atoms with E-state index in [-0.39, 0.29) is 5.54 Å². The number of ketones is 1. The molecule has 2 aliphatic rings. The minimum absolute atomic E-state index is 0.193. The van der Waals surface area contributed by atoms with Crippen molar-refractivity contribution in [3.63, 3.8) is 0 Å². The fourth-order valence-electron chi connectivity index (χ4n) is 2.60. The Morgan fingerprint density at radius 2 is 1.71 bits per heavy atom. The second kappa shape index (κ2) is 3.65. The molecule has 1 saturated heterocycles. The summed E-state index contributed by atoms with van der Waals surface area (Å²) in [6, 6.07) is 0. The number of nitrogens with zero attached hydrogens (tertiary/aromatic N) is 1. The average molecular weight is 195 g/mol. The van der Waals surface area contributed by atoms with Crippen LogP contribution in [-0.4, -0.2) is 29.3 Å². The Kier molecular flexibility index (Phi) is 2.65. The minimum atomic E-state index is -0.193. The van der Waals surface area contributed by atoms with Gasteiger partial charge in [0.1, 0.15) is 0 Å². The molecule has 1 heterocycles. The van der Waals surface area contributed by atoms with Gasteiger partial charge in [-0.05, 0) is 52.6 Å². The lowest BCUT2D eigenvalue weighted by atomic mass is 9.75. The van der Waals surface area contributed by atoms with E-state index in [1.165, 1.54) is 19.3 Å². The zero-order chi connectivity index (χ0) is 10.2. The summed E-state index contributed by atoms with van der Waals surface area (Å²) in [6.45, 7) is 6.45. The number of Topliss-reactive ketones (excluding diaryl/α,β-unsaturated/α-hetero) is 1. The first-order chi connectivity index (χ1) is 6.62. The molecule has 2 heteroatoms. The molecular weight excluding hydrogens is 174 g/mol. The summed E-state index contributed by atoms with van der Waals surface area (Å²) in [5.41, 5.74) is -0.193. The average Bonchev–Trinajstić information content (AvgIpc) is 2.52. The van der Waals surface area contributed by atoms with Gasteiger partial charge in [0.05, 0.1) is 5.54 Å². The van der Waals surface area contributed by atoms with Gasteiger partial charge in [-0.2, -0.15) is 0 Å². The molecule has 1 aliphatic carbocycles. The van der Waals surface area contributed by atoms with Crippen LogP contribution in [0.5, 0.6) is 0 Å². The SMILES string of the molecule is CC(C)(C(=O)C1CCC1)N1CCCC1. The van der Waals surface area contributed by atoms with Crippen LogP contribution in [0.25, 0.3) is 0 Å². The van der Waals surface area contributed by atoms with Gasteiger partial charge in [-0.25, -0.2) is 0 Å². The van der Waals surface area contributed by atoms with Crippen LogP contribution < -0.4 is 0 Å². The van der Waals surface area contributed by atoms with Crippen LogP contribution in [0, 0.1) is 5.92 Å². The van der Waals surface area contributed by atoms with Gasteiger partial charge in [0, 0.05) is 5.92 Å². The van der Waals surface area contributed by atoms with Crippen LogP contribution in [-0.2, 0) is 4.79 Å². The minimum Gasteiger partial charge on any atom is -0.297 e. The highest BCUT2D eigenvalue weighted by molar-refractivity contribution is 5.90. The Balaban J connectivity index is 2.01. The maximum absolute atomic E-state index is 12.2. The molecule has 0 unspecified atom stereocenters. The van der Waals surface area contributed by atoms with Crippen molar-refractivity contribution in [2.75, 3.05) is 13.1 Å². The van der Waals surface area contributed by atoms with Crippen molar-refractivity contribution in [3.8, 4) is 0 Å². The van der Waals surface area contributed by atoms with Crippen molar-refractivity contribution in [1.29, 1.82) is 0 Å². The van der Waals surface area contributed by atoms with Crippen molar-refractivity contribution < 1.29 is 4.79 Å². The first kappa shape index (κ1) is 10.2. The summed E-state index contributed by atoms with van der Waals surface area (Å²) in [5.74, 6) is 0.872. The van der Waals surface area contributed by atoms with Gasteiger partial charge >= 0.3 is 0 Å². The van der Waals surface area contributed by atoms with E-state index in [9.17, 15) is 4.79 Å². The number of carbonyl (C=O) groups excluding carboxylic acids is 1. The number of hydrogen-bond acceptors (Lipinski definition) is 2. The maximum Gasteiger partial charge on any atom is 0.155 e. The predicted molar refractivity (Wildman–Crippen MR) is 57.2 cm³/mol. The Bertz CT molecular complexity index is 224. The third-order valence-electron chi connectivity index (χ3n) is 3.98. The van der Waals surface area contributed by atoms with E-state index < -0.39 is 0 Å². The van der Waals surface area contributed by atoms with E-state index in [0.29, 0.717) is 11.7 Å². The molecule has 0 spiro atoms. The highest BCUT2D eigenvalue weighted by Crippen LogP contribution is 2.34. The first-order valence-corrected chi connectivity index (χ1v) is 5.92. The van der Waals surface area contributed by atoms with Crippen molar-refractivity contribution in [1.82, 2.24) is 4.90 Å². The molecule has 2 rings (SSSR count). The third kappa shape index (κ3) is 1.60. The Morgan fingerprint density at radius 1 is 1.14 bits per heavy atom. The van der Waals surface area contributed by atoms with Gasteiger partial charge in [0.2, 0.25) is 0 Å². The molecule has 0 aromatic carbocycles. The van der Waals surface area contributed by atoms with E-state index >= 15 is 0 Å². The summed E-state index contributed by atoms with van der Waals surface area (Å²) in [5, 5.41) is 0. The molecular formula is C12H21NO. The molecule has 0 amide bonds. The van der Waals surface area contributed by atoms with E-state index in [2.05, 4.69) is 18.7 Å². The summed E-state index contributed by atoms with van der Waals surface area (Å²) in [6.07, 6.45) is 6.06. The zero-order valence-electron chi connectivity index (χ0n) is 9.38. The number of likely N-dealkylation sites (tertiary alicyclic amines) is 1. The fourth-order valence-corrected chi connectivity index (χ4v) is 2.60. The Hall–Kier alpha value is -0.370.